The zero-order chi connectivity index (χ0) is 11.5. The Morgan fingerprint density at radius 2 is 2.38 bits per heavy atom. The Balaban J connectivity index is 1.90. The second-order valence-electron chi connectivity index (χ2n) is 4.41. The van der Waals surface area contributed by atoms with E-state index in [-0.39, 0.29) is 18.0 Å². The number of fused-ring (bicyclic) bond motifs is 1. The summed E-state index contributed by atoms with van der Waals surface area (Å²) in [5.74, 6) is 0.543. The molecule has 0 bridgehead atoms. The van der Waals surface area contributed by atoms with E-state index in [1.807, 2.05) is 6.92 Å². The molecule has 2 heterocycles. The maximum absolute atomic E-state index is 11.6. The molecule has 2 unspecified atom stereocenters. The van der Waals surface area contributed by atoms with Gasteiger partial charge in [0.2, 0.25) is 5.91 Å². The summed E-state index contributed by atoms with van der Waals surface area (Å²) in [5, 5.41) is 2.99. The summed E-state index contributed by atoms with van der Waals surface area (Å²) in [6, 6.07) is 0.256. The second-order valence-corrected chi connectivity index (χ2v) is 4.41. The first-order valence-corrected chi connectivity index (χ1v) is 5.91. The molecule has 2 fully saturated rings. The third-order valence-corrected chi connectivity index (χ3v) is 3.35. The van der Waals surface area contributed by atoms with Gasteiger partial charge in [0.15, 0.2) is 0 Å². The topological polar surface area (TPSA) is 58.6 Å². The van der Waals surface area contributed by atoms with Crippen molar-refractivity contribution in [2.45, 2.75) is 32.2 Å². The molecule has 5 heteroatoms. The smallest absolute Gasteiger partial charge is 0.409 e. The average molecular weight is 226 g/mol. The third-order valence-electron chi connectivity index (χ3n) is 3.35. The van der Waals surface area contributed by atoms with Crippen LogP contribution < -0.4 is 5.32 Å². The monoisotopic (exact) mass is 226 g/mol. The van der Waals surface area contributed by atoms with Crippen LogP contribution in [-0.2, 0) is 9.53 Å². The molecule has 0 radical (unpaired) electrons. The van der Waals surface area contributed by atoms with Gasteiger partial charge in [-0.15, -0.1) is 0 Å². The average Bonchev–Trinajstić information content (AvgIpc) is 2.28. The van der Waals surface area contributed by atoms with Crippen molar-refractivity contribution in [3.8, 4) is 0 Å². The van der Waals surface area contributed by atoms with Gasteiger partial charge >= 0.3 is 6.09 Å². The van der Waals surface area contributed by atoms with E-state index in [4.69, 9.17) is 4.74 Å². The molecule has 0 aromatic rings. The molecule has 2 amide bonds. The molecule has 2 rings (SSSR count). The maximum atomic E-state index is 11.6. The molecule has 0 aromatic carbocycles. The number of hydrogen-bond acceptors (Lipinski definition) is 3. The van der Waals surface area contributed by atoms with Crippen LogP contribution in [0, 0.1) is 5.92 Å². The Hall–Kier alpha value is -1.26. The standard InChI is InChI=1S/C11H18N2O3/c1-2-16-11(15)13-6-5-9-8(7-13)3-4-10(14)12-9/h8-9H,2-7H2,1H3,(H,12,14). The van der Waals surface area contributed by atoms with Crippen molar-refractivity contribution in [3.05, 3.63) is 0 Å². The van der Waals surface area contributed by atoms with E-state index < -0.39 is 0 Å². The molecule has 2 aliphatic rings. The molecule has 1 N–H and O–H groups in total. The van der Waals surface area contributed by atoms with Crippen LogP contribution in [0.5, 0.6) is 0 Å². The minimum absolute atomic E-state index is 0.144. The number of amides is 2. The number of carbonyl (C=O) groups is 2. The first-order chi connectivity index (χ1) is 7.70. The highest BCUT2D eigenvalue weighted by atomic mass is 16.6. The van der Waals surface area contributed by atoms with Crippen LogP contribution in [0.4, 0.5) is 4.79 Å². The minimum atomic E-state index is -0.224. The van der Waals surface area contributed by atoms with Gasteiger partial charge in [-0.05, 0) is 25.7 Å². The summed E-state index contributed by atoms with van der Waals surface area (Å²) >= 11 is 0. The van der Waals surface area contributed by atoms with E-state index >= 15 is 0 Å². The fourth-order valence-corrected chi connectivity index (χ4v) is 2.49. The number of carbonyl (C=O) groups excluding carboxylic acids is 2. The highest BCUT2D eigenvalue weighted by Crippen LogP contribution is 2.25. The van der Waals surface area contributed by atoms with Crippen LogP contribution in [0.15, 0.2) is 0 Å². The maximum Gasteiger partial charge on any atom is 0.409 e. The van der Waals surface area contributed by atoms with Gasteiger partial charge in [-0.3, -0.25) is 4.79 Å². The quantitative estimate of drug-likeness (QED) is 0.717. The molecule has 5 nitrogen and oxygen atoms in total. The molecule has 0 spiro atoms. The molecule has 2 aliphatic heterocycles. The molecule has 0 saturated carbocycles. The van der Waals surface area contributed by atoms with Gasteiger partial charge in [-0.25, -0.2) is 4.79 Å². The van der Waals surface area contributed by atoms with E-state index in [2.05, 4.69) is 5.32 Å². The van der Waals surface area contributed by atoms with Gasteiger partial charge in [-0.1, -0.05) is 0 Å². The van der Waals surface area contributed by atoms with E-state index in [1.165, 1.54) is 0 Å². The lowest BCUT2D eigenvalue weighted by atomic mass is 9.85. The predicted molar refractivity (Wildman–Crippen MR) is 57.9 cm³/mol. The first kappa shape index (κ1) is 11.2. The summed E-state index contributed by atoms with van der Waals surface area (Å²) in [4.78, 5) is 24.5. The number of nitrogens with one attached hydrogen (secondary N) is 1. The highest BCUT2D eigenvalue weighted by molar-refractivity contribution is 5.77. The van der Waals surface area contributed by atoms with Crippen LogP contribution in [0.3, 0.4) is 0 Å². The van der Waals surface area contributed by atoms with Crippen molar-refractivity contribution >= 4 is 12.0 Å². The Bertz CT molecular complexity index is 293. The van der Waals surface area contributed by atoms with Gasteiger partial charge in [0.25, 0.3) is 0 Å². The van der Waals surface area contributed by atoms with Crippen LogP contribution in [-0.4, -0.2) is 42.6 Å². The van der Waals surface area contributed by atoms with E-state index in [0.29, 0.717) is 32.0 Å². The van der Waals surface area contributed by atoms with Crippen molar-refractivity contribution in [1.29, 1.82) is 0 Å². The summed E-state index contributed by atoms with van der Waals surface area (Å²) in [6.07, 6.45) is 2.08. The summed E-state index contributed by atoms with van der Waals surface area (Å²) in [5.41, 5.74) is 0. The number of hydrogen-bond donors (Lipinski definition) is 1. The molecule has 0 aromatic heterocycles. The predicted octanol–water partition coefficient (Wildman–Crippen LogP) is 0.743. The lowest BCUT2D eigenvalue weighted by Gasteiger charge is -2.40. The fraction of sp³-hybridized carbons (Fsp3) is 0.818. The van der Waals surface area contributed by atoms with E-state index in [1.54, 1.807) is 4.90 Å². The van der Waals surface area contributed by atoms with Gasteiger partial charge in [0, 0.05) is 25.6 Å². The number of rotatable bonds is 1. The molecule has 2 saturated heterocycles. The molecule has 2 atom stereocenters. The minimum Gasteiger partial charge on any atom is -0.450 e. The zero-order valence-corrected chi connectivity index (χ0v) is 9.57. The highest BCUT2D eigenvalue weighted by Gasteiger charge is 2.35. The second kappa shape index (κ2) is 4.72. The van der Waals surface area contributed by atoms with Crippen LogP contribution in [0.2, 0.25) is 0 Å². The Morgan fingerprint density at radius 1 is 1.56 bits per heavy atom. The van der Waals surface area contributed by atoms with Crippen molar-refractivity contribution in [1.82, 2.24) is 10.2 Å². The number of piperidine rings is 2. The van der Waals surface area contributed by atoms with Crippen LogP contribution in [0.1, 0.15) is 26.2 Å². The SMILES string of the molecule is CCOC(=O)N1CCC2NC(=O)CCC2C1. The van der Waals surface area contributed by atoms with Crippen LogP contribution in [0.25, 0.3) is 0 Å². The Kier molecular flexibility index (Phi) is 3.31. The Morgan fingerprint density at radius 3 is 3.12 bits per heavy atom. The van der Waals surface area contributed by atoms with Crippen molar-refractivity contribution < 1.29 is 14.3 Å². The molecule has 16 heavy (non-hydrogen) atoms. The van der Waals surface area contributed by atoms with Gasteiger partial charge in [0.1, 0.15) is 0 Å². The normalized spacial score (nSPS) is 29.3. The van der Waals surface area contributed by atoms with Crippen molar-refractivity contribution in [2.75, 3.05) is 19.7 Å². The fourth-order valence-electron chi connectivity index (χ4n) is 2.49. The largest absolute Gasteiger partial charge is 0.450 e. The molecule has 0 aliphatic carbocycles. The lowest BCUT2D eigenvalue weighted by molar-refractivity contribution is -0.125. The number of likely N-dealkylation sites (tertiary alicyclic amines) is 1. The number of ether oxygens (including phenoxy) is 1. The summed E-state index contributed by atoms with van der Waals surface area (Å²) in [7, 11) is 0. The zero-order valence-electron chi connectivity index (χ0n) is 9.57. The first-order valence-electron chi connectivity index (χ1n) is 5.91. The van der Waals surface area contributed by atoms with E-state index in [9.17, 15) is 9.59 Å². The van der Waals surface area contributed by atoms with Crippen LogP contribution >= 0.6 is 0 Å². The Labute approximate surface area is 95.1 Å². The number of nitrogens with zero attached hydrogens (tertiary/aromatic N) is 1. The van der Waals surface area contributed by atoms with Gasteiger partial charge in [-0.2, -0.15) is 0 Å². The third kappa shape index (κ3) is 2.28. The lowest BCUT2D eigenvalue weighted by Crippen LogP contribution is -2.55. The van der Waals surface area contributed by atoms with E-state index in [0.717, 1.165) is 12.8 Å². The molecular weight excluding hydrogens is 208 g/mol. The molecular formula is C11H18N2O3. The summed E-state index contributed by atoms with van der Waals surface area (Å²) < 4.78 is 4.98. The summed E-state index contributed by atoms with van der Waals surface area (Å²) in [6.45, 7) is 3.62. The van der Waals surface area contributed by atoms with Crippen molar-refractivity contribution in [2.24, 2.45) is 5.92 Å². The van der Waals surface area contributed by atoms with Gasteiger partial charge in [0.05, 0.1) is 6.61 Å². The van der Waals surface area contributed by atoms with Crippen molar-refractivity contribution in [3.63, 3.8) is 0 Å². The van der Waals surface area contributed by atoms with Gasteiger partial charge < -0.3 is 15.0 Å². The molecule has 90 valence electrons.